The van der Waals surface area contributed by atoms with Gasteiger partial charge in [0.25, 0.3) is 10.0 Å². The van der Waals surface area contributed by atoms with Crippen LogP contribution in [0.2, 0.25) is 0 Å². The average Bonchev–Trinajstić information content (AvgIpc) is 3.00. The Kier molecular flexibility index (Phi) is 3.07. The van der Waals surface area contributed by atoms with Crippen LogP contribution in [0.3, 0.4) is 0 Å². The number of hydrogen-bond acceptors (Lipinski definition) is 5. The van der Waals surface area contributed by atoms with E-state index in [9.17, 15) is 8.42 Å². The van der Waals surface area contributed by atoms with Crippen molar-refractivity contribution in [2.45, 2.75) is 25.3 Å². The van der Waals surface area contributed by atoms with Crippen LogP contribution in [0.5, 0.6) is 0 Å². The first-order chi connectivity index (χ1) is 9.35. The van der Waals surface area contributed by atoms with E-state index in [1.54, 1.807) is 22.0 Å². The fourth-order valence-corrected chi connectivity index (χ4v) is 5.22. The molecule has 8 heteroatoms. The highest BCUT2D eigenvalue weighted by Crippen LogP contribution is 2.35. The van der Waals surface area contributed by atoms with Crippen molar-refractivity contribution in [3.8, 4) is 0 Å². The standard InChI is InChI=1S/C12H18N4O2S2/c1-12(2)4-5-15(8-12)20(17,18)10-9(13-3)14-11-16(10)6-7-19-11/h6-7,13H,4-5,8H2,1-3H3. The third-order valence-electron chi connectivity index (χ3n) is 3.68. The fourth-order valence-electron chi connectivity index (χ4n) is 2.56. The molecule has 6 nitrogen and oxygen atoms in total. The maximum absolute atomic E-state index is 12.9. The van der Waals surface area contributed by atoms with E-state index in [0.717, 1.165) is 6.42 Å². The summed E-state index contributed by atoms with van der Waals surface area (Å²) in [4.78, 5) is 5.02. The topological polar surface area (TPSA) is 66.7 Å². The molecule has 0 atom stereocenters. The number of nitrogens with zero attached hydrogens (tertiary/aromatic N) is 3. The minimum absolute atomic E-state index is 0.0331. The molecule has 0 unspecified atom stereocenters. The van der Waals surface area contributed by atoms with E-state index in [0.29, 0.717) is 23.9 Å². The molecule has 1 aliphatic heterocycles. The van der Waals surface area contributed by atoms with Gasteiger partial charge in [-0.25, -0.2) is 13.4 Å². The predicted molar refractivity (Wildman–Crippen MR) is 79.8 cm³/mol. The quantitative estimate of drug-likeness (QED) is 0.939. The van der Waals surface area contributed by atoms with Crippen molar-refractivity contribution in [3.63, 3.8) is 0 Å². The first-order valence-electron chi connectivity index (χ1n) is 6.49. The Balaban J connectivity index is 2.12. The Morgan fingerprint density at radius 1 is 1.45 bits per heavy atom. The zero-order chi connectivity index (χ0) is 14.5. The molecule has 1 aliphatic rings. The Morgan fingerprint density at radius 2 is 2.20 bits per heavy atom. The van der Waals surface area contributed by atoms with Gasteiger partial charge in [0.15, 0.2) is 15.8 Å². The van der Waals surface area contributed by atoms with Crippen LogP contribution in [0.4, 0.5) is 5.82 Å². The van der Waals surface area contributed by atoms with E-state index >= 15 is 0 Å². The number of anilines is 1. The summed E-state index contributed by atoms with van der Waals surface area (Å²) in [6.07, 6.45) is 2.63. The first kappa shape index (κ1) is 13.8. The van der Waals surface area contributed by atoms with Crippen LogP contribution < -0.4 is 5.32 Å². The minimum Gasteiger partial charge on any atom is -0.371 e. The predicted octanol–water partition coefficient (Wildman–Crippen LogP) is 1.86. The number of rotatable bonds is 3. The van der Waals surface area contributed by atoms with Crippen molar-refractivity contribution < 1.29 is 8.42 Å². The minimum atomic E-state index is -3.53. The zero-order valence-corrected chi connectivity index (χ0v) is 13.4. The molecule has 3 heterocycles. The second kappa shape index (κ2) is 4.44. The summed E-state index contributed by atoms with van der Waals surface area (Å²) in [5.74, 6) is 0.418. The molecule has 1 N–H and O–H groups in total. The molecule has 0 aliphatic carbocycles. The third-order valence-corrected chi connectivity index (χ3v) is 6.31. The number of nitrogens with one attached hydrogen (secondary N) is 1. The van der Waals surface area contributed by atoms with Crippen molar-refractivity contribution in [3.05, 3.63) is 11.6 Å². The Bertz CT molecular complexity index is 745. The van der Waals surface area contributed by atoms with Gasteiger partial charge < -0.3 is 5.32 Å². The molecule has 0 amide bonds. The van der Waals surface area contributed by atoms with Crippen molar-refractivity contribution in [1.29, 1.82) is 0 Å². The van der Waals surface area contributed by atoms with Crippen LogP contribution in [-0.4, -0.2) is 42.2 Å². The molecule has 2 aromatic rings. The first-order valence-corrected chi connectivity index (χ1v) is 8.81. The van der Waals surface area contributed by atoms with Crippen LogP contribution in [0.1, 0.15) is 20.3 Å². The summed E-state index contributed by atoms with van der Waals surface area (Å²) >= 11 is 1.43. The molecule has 3 rings (SSSR count). The molecule has 1 saturated heterocycles. The SMILES string of the molecule is CNc1nc2sccn2c1S(=O)(=O)N1CCC(C)(C)C1. The van der Waals surface area contributed by atoms with Crippen LogP contribution in [0.25, 0.3) is 4.96 Å². The molecular formula is C12H18N4O2S2. The van der Waals surface area contributed by atoms with Gasteiger partial charge in [0.1, 0.15) is 0 Å². The van der Waals surface area contributed by atoms with Crippen LogP contribution in [0, 0.1) is 5.41 Å². The van der Waals surface area contributed by atoms with Gasteiger partial charge in [-0.2, -0.15) is 4.31 Å². The molecule has 0 radical (unpaired) electrons. The maximum atomic E-state index is 12.9. The highest BCUT2D eigenvalue weighted by atomic mass is 32.2. The van der Waals surface area contributed by atoms with Crippen molar-refractivity contribution >= 4 is 32.1 Å². The van der Waals surface area contributed by atoms with E-state index in [1.807, 2.05) is 5.38 Å². The lowest BCUT2D eigenvalue weighted by molar-refractivity contribution is 0.375. The second-order valence-corrected chi connectivity index (χ2v) is 8.55. The number of imidazole rings is 1. The Morgan fingerprint density at radius 3 is 2.80 bits per heavy atom. The molecule has 0 aromatic carbocycles. The molecule has 110 valence electrons. The van der Waals surface area contributed by atoms with E-state index in [-0.39, 0.29) is 10.4 Å². The van der Waals surface area contributed by atoms with Crippen molar-refractivity contribution in [2.24, 2.45) is 5.41 Å². The van der Waals surface area contributed by atoms with E-state index in [4.69, 9.17) is 0 Å². The smallest absolute Gasteiger partial charge is 0.262 e. The molecular weight excluding hydrogens is 296 g/mol. The van der Waals surface area contributed by atoms with Gasteiger partial charge in [-0.3, -0.25) is 4.40 Å². The highest BCUT2D eigenvalue weighted by molar-refractivity contribution is 7.89. The van der Waals surface area contributed by atoms with E-state index in [2.05, 4.69) is 24.1 Å². The van der Waals surface area contributed by atoms with Crippen molar-refractivity contribution in [1.82, 2.24) is 13.7 Å². The number of hydrogen-bond donors (Lipinski definition) is 1. The summed E-state index contributed by atoms with van der Waals surface area (Å²) in [7, 11) is -1.83. The van der Waals surface area contributed by atoms with Crippen molar-refractivity contribution in [2.75, 3.05) is 25.5 Å². The summed E-state index contributed by atoms with van der Waals surface area (Å²) in [5.41, 5.74) is 0.0331. The maximum Gasteiger partial charge on any atom is 0.262 e. The largest absolute Gasteiger partial charge is 0.371 e. The van der Waals surface area contributed by atoms with Crippen LogP contribution in [0.15, 0.2) is 16.6 Å². The molecule has 0 bridgehead atoms. The number of thiazole rings is 1. The average molecular weight is 314 g/mol. The van der Waals surface area contributed by atoms with Gasteiger partial charge >= 0.3 is 0 Å². The summed E-state index contributed by atoms with van der Waals surface area (Å²) in [6, 6.07) is 0. The number of sulfonamides is 1. The lowest BCUT2D eigenvalue weighted by Gasteiger charge is -2.19. The second-order valence-electron chi connectivity index (χ2n) is 5.82. The van der Waals surface area contributed by atoms with Gasteiger partial charge in [-0.05, 0) is 11.8 Å². The molecule has 20 heavy (non-hydrogen) atoms. The third kappa shape index (κ3) is 2.02. The van der Waals surface area contributed by atoms with Gasteiger partial charge in [0, 0.05) is 31.7 Å². The summed E-state index contributed by atoms with van der Waals surface area (Å²) in [6.45, 7) is 5.31. The van der Waals surface area contributed by atoms with Crippen LogP contribution >= 0.6 is 11.3 Å². The monoisotopic (exact) mass is 314 g/mol. The molecule has 2 aromatic heterocycles. The lowest BCUT2D eigenvalue weighted by Crippen LogP contribution is -2.31. The zero-order valence-electron chi connectivity index (χ0n) is 11.8. The van der Waals surface area contributed by atoms with Gasteiger partial charge in [0.05, 0.1) is 0 Å². The molecule has 0 spiro atoms. The van der Waals surface area contributed by atoms with Gasteiger partial charge in [-0.1, -0.05) is 13.8 Å². The normalized spacial score (nSPS) is 19.8. The van der Waals surface area contributed by atoms with Crippen LogP contribution in [-0.2, 0) is 10.0 Å². The van der Waals surface area contributed by atoms with Gasteiger partial charge in [-0.15, -0.1) is 11.3 Å². The summed E-state index contributed by atoms with van der Waals surface area (Å²) < 4.78 is 29.0. The van der Waals surface area contributed by atoms with E-state index < -0.39 is 10.0 Å². The molecule has 1 fully saturated rings. The molecule has 0 saturated carbocycles. The summed E-state index contributed by atoms with van der Waals surface area (Å²) in [5, 5.41) is 4.98. The Hall–Kier alpha value is -1.12. The number of aromatic nitrogens is 2. The lowest BCUT2D eigenvalue weighted by atomic mass is 9.93. The highest BCUT2D eigenvalue weighted by Gasteiger charge is 2.39. The number of fused-ring (bicyclic) bond motifs is 1. The Labute approximate surface area is 122 Å². The van der Waals surface area contributed by atoms with Gasteiger partial charge in [0.2, 0.25) is 0 Å². The van der Waals surface area contributed by atoms with E-state index in [1.165, 1.54) is 11.3 Å². The fraction of sp³-hybridized carbons (Fsp3) is 0.583.